The topological polar surface area (TPSA) is 84.2 Å². The van der Waals surface area contributed by atoms with Crippen molar-refractivity contribution in [3.63, 3.8) is 0 Å². The summed E-state index contributed by atoms with van der Waals surface area (Å²) in [6.45, 7) is 6.03. The number of nitrogens with one attached hydrogen (secondary N) is 1. The average Bonchev–Trinajstić information content (AvgIpc) is 3.07. The van der Waals surface area contributed by atoms with Gasteiger partial charge in [0, 0.05) is 18.7 Å². The fourth-order valence-electron chi connectivity index (χ4n) is 2.40. The highest BCUT2D eigenvalue weighted by molar-refractivity contribution is 5.81. The highest BCUT2D eigenvalue weighted by Crippen LogP contribution is 2.45. The van der Waals surface area contributed by atoms with Gasteiger partial charge in [-0.05, 0) is 39.7 Å². The number of rotatable bonds is 6. The smallest absolute Gasteiger partial charge is 0.311 e. The molecular formula is C14H21N3O3. The maximum atomic E-state index is 11.9. The van der Waals surface area contributed by atoms with E-state index in [9.17, 15) is 9.59 Å². The Hall–Kier alpha value is -1.85. The SMILES string of the molecule is Cc1cc(C)n(C(C)CC(=O)NCC2(C(=O)O)CC2)n1. The third-order valence-electron chi connectivity index (χ3n) is 3.87. The molecule has 110 valence electrons. The maximum absolute atomic E-state index is 11.9. The molecule has 1 atom stereocenters. The number of nitrogens with zero attached hydrogens (tertiary/aromatic N) is 2. The largest absolute Gasteiger partial charge is 0.481 e. The van der Waals surface area contributed by atoms with Crippen molar-refractivity contribution in [3.05, 3.63) is 17.5 Å². The van der Waals surface area contributed by atoms with Crippen LogP contribution in [-0.2, 0) is 9.59 Å². The number of aliphatic carboxylic acids is 1. The second-order valence-corrected chi connectivity index (χ2v) is 5.79. The van der Waals surface area contributed by atoms with Crippen LogP contribution in [0.2, 0.25) is 0 Å². The number of carboxylic acids is 1. The minimum absolute atomic E-state index is 0.0383. The highest BCUT2D eigenvalue weighted by Gasteiger charge is 2.50. The van der Waals surface area contributed by atoms with Crippen molar-refractivity contribution in [3.8, 4) is 0 Å². The van der Waals surface area contributed by atoms with Gasteiger partial charge in [-0.1, -0.05) is 0 Å². The van der Waals surface area contributed by atoms with Crippen molar-refractivity contribution in [1.82, 2.24) is 15.1 Å². The van der Waals surface area contributed by atoms with Crippen molar-refractivity contribution in [1.29, 1.82) is 0 Å². The molecule has 2 N–H and O–H groups in total. The molecule has 1 aromatic rings. The molecule has 1 aliphatic carbocycles. The minimum atomic E-state index is -0.815. The number of aryl methyl sites for hydroxylation is 2. The lowest BCUT2D eigenvalue weighted by Gasteiger charge is -2.16. The first-order valence-corrected chi connectivity index (χ1v) is 6.87. The van der Waals surface area contributed by atoms with Crippen molar-refractivity contribution in [2.24, 2.45) is 5.41 Å². The Labute approximate surface area is 118 Å². The van der Waals surface area contributed by atoms with Crippen molar-refractivity contribution < 1.29 is 14.7 Å². The molecular weight excluding hydrogens is 258 g/mol. The zero-order chi connectivity index (χ0) is 14.9. The lowest BCUT2D eigenvalue weighted by atomic mass is 10.1. The van der Waals surface area contributed by atoms with E-state index in [1.807, 2.05) is 31.5 Å². The van der Waals surface area contributed by atoms with Crippen molar-refractivity contribution in [2.75, 3.05) is 6.54 Å². The first-order chi connectivity index (χ1) is 9.34. The number of carboxylic acid groups (broad SMARTS) is 1. The number of amides is 1. The van der Waals surface area contributed by atoms with E-state index in [1.54, 1.807) is 0 Å². The molecule has 20 heavy (non-hydrogen) atoms. The summed E-state index contributed by atoms with van der Waals surface area (Å²) in [6, 6.07) is 1.93. The van der Waals surface area contributed by atoms with E-state index in [0.717, 1.165) is 11.4 Å². The molecule has 1 heterocycles. The molecule has 1 amide bonds. The molecule has 1 unspecified atom stereocenters. The zero-order valence-electron chi connectivity index (χ0n) is 12.1. The normalized spacial score (nSPS) is 17.6. The zero-order valence-corrected chi connectivity index (χ0v) is 12.1. The Bertz CT molecular complexity index is 532. The van der Waals surface area contributed by atoms with Crippen LogP contribution in [0.25, 0.3) is 0 Å². The molecule has 0 aromatic carbocycles. The van der Waals surface area contributed by atoms with E-state index < -0.39 is 11.4 Å². The third-order valence-corrected chi connectivity index (χ3v) is 3.87. The van der Waals surface area contributed by atoms with Crippen molar-refractivity contribution >= 4 is 11.9 Å². The Morgan fingerprint density at radius 2 is 2.15 bits per heavy atom. The van der Waals surface area contributed by atoms with Gasteiger partial charge in [0.25, 0.3) is 0 Å². The lowest BCUT2D eigenvalue weighted by molar-refractivity contribution is -0.143. The summed E-state index contributed by atoms with van der Waals surface area (Å²) < 4.78 is 1.83. The van der Waals surface area contributed by atoms with Crippen LogP contribution in [0.5, 0.6) is 0 Å². The number of hydrogen-bond acceptors (Lipinski definition) is 3. The highest BCUT2D eigenvalue weighted by atomic mass is 16.4. The molecule has 0 bridgehead atoms. The Morgan fingerprint density at radius 3 is 2.60 bits per heavy atom. The molecule has 1 fully saturated rings. The first-order valence-electron chi connectivity index (χ1n) is 6.87. The molecule has 0 saturated heterocycles. The van der Waals surface area contributed by atoms with E-state index in [-0.39, 0.29) is 18.5 Å². The van der Waals surface area contributed by atoms with Gasteiger partial charge < -0.3 is 10.4 Å². The van der Waals surface area contributed by atoms with Gasteiger partial charge in [0.2, 0.25) is 5.91 Å². The third kappa shape index (κ3) is 3.00. The van der Waals surface area contributed by atoms with Crippen LogP contribution >= 0.6 is 0 Å². The molecule has 1 saturated carbocycles. The molecule has 6 nitrogen and oxygen atoms in total. The molecule has 1 aromatic heterocycles. The standard InChI is InChI=1S/C14H21N3O3/c1-9-6-10(2)17(16-9)11(3)7-12(18)15-8-14(4-5-14)13(19)20/h6,11H,4-5,7-8H2,1-3H3,(H,15,18)(H,19,20). The second-order valence-electron chi connectivity index (χ2n) is 5.79. The average molecular weight is 279 g/mol. The van der Waals surface area contributed by atoms with E-state index in [1.165, 1.54) is 0 Å². The summed E-state index contributed by atoms with van der Waals surface area (Å²) in [5, 5.41) is 16.1. The summed E-state index contributed by atoms with van der Waals surface area (Å²) in [6.07, 6.45) is 1.60. The van der Waals surface area contributed by atoms with Crippen LogP contribution in [-0.4, -0.2) is 33.3 Å². The predicted octanol–water partition coefficient (Wildman–Crippen LogP) is 1.43. The van der Waals surface area contributed by atoms with E-state index in [2.05, 4.69) is 10.4 Å². The van der Waals surface area contributed by atoms with Crippen LogP contribution in [0.1, 0.15) is 43.6 Å². The van der Waals surface area contributed by atoms with Crippen LogP contribution in [0.15, 0.2) is 6.07 Å². The van der Waals surface area contributed by atoms with Gasteiger partial charge in [-0.2, -0.15) is 5.10 Å². The van der Waals surface area contributed by atoms with Crippen molar-refractivity contribution in [2.45, 2.75) is 46.1 Å². The van der Waals surface area contributed by atoms with Gasteiger partial charge in [-0.3, -0.25) is 14.3 Å². The molecule has 6 heteroatoms. The van der Waals surface area contributed by atoms with Gasteiger partial charge in [-0.15, -0.1) is 0 Å². The number of aromatic nitrogens is 2. The van der Waals surface area contributed by atoms with Crippen LogP contribution in [0, 0.1) is 19.3 Å². The fourth-order valence-corrected chi connectivity index (χ4v) is 2.40. The maximum Gasteiger partial charge on any atom is 0.311 e. The molecule has 2 rings (SSSR count). The van der Waals surface area contributed by atoms with E-state index >= 15 is 0 Å². The molecule has 0 aliphatic heterocycles. The van der Waals surface area contributed by atoms with E-state index in [4.69, 9.17) is 5.11 Å². The minimum Gasteiger partial charge on any atom is -0.481 e. The summed E-state index contributed by atoms with van der Waals surface area (Å²) in [5.41, 5.74) is 1.24. The number of carbonyl (C=O) groups is 2. The molecule has 0 radical (unpaired) electrons. The van der Waals surface area contributed by atoms with Gasteiger partial charge in [0.05, 0.1) is 17.2 Å². The Kier molecular flexibility index (Phi) is 3.83. The quantitative estimate of drug-likeness (QED) is 0.825. The van der Waals surface area contributed by atoms with Crippen LogP contribution in [0.4, 0.5) is 0 Å². The van der Waals surface area contributed by atoms with E-state index in [0.29, 0.717) is 19.3 Å². The molecule has 1 aliphatic rings. The lowest BCUT2D eigenvalue weighted by Crippen LogP contribution is -2.35. The monoisotopic (exact) mass is 279 g/mol. The molecule has 0 spiro atoms. The second kappa shape index (κ2) is 5.26. The Balaban J connectivity index is 1.85. The first kappa shape index (κ1) is 14.6. The summed E-state index contributed by atoms with van der Waals surface area (Å²) in [4.78, 5) is 22.9. The number of hydrogen-bond donors (Lipinski definition) is 2. The van der Waals surface area contributed by atoms with Gasteiger partial charge in [0.1, 0.15) is 0 Å². The summed E-state index contributed by atoms with van der Waals surface area (Å²) >= 11 is 0. The number of carbonyl (C=O) groups excluding carboxylic acids is 1. The Morgan fingerprint density at radius 1 is 1.50 bits per heavy atom. The fraction of sp³-hybridized carbons (Fsp3) is 0.643. The van der Waals surface area contributed by atoms with Crippen LogP contribution < -0.4 is 5.32 Å². The van der Waals surface area contributed by atoms with Gasteiger partial charge in [-0.25, -0.2) is 0 Å². The summed E-state index contributed by atoms with van der Waals surface area (Å²) in [7, 11) is 0. The van der Waals surface area contributed by atoms with Gasteiger partial charge >= 0.3 is 5.97 Å². The predicted molar refractivity (Wildman–Crippen MR) is 73.3 cm³/mol. The van der Waals surface area contributed by atoms with Crippen LogP contribution in [0.3, 0.4) is 0 Å². The summed E-state index contributed by atoms with van der Waals surface area (Å²) in [5.74, 6) is -0.943. The van der Waals surface area contributed by atoms with Gasteiger partial charge in [0.15, 0.2) is 0 Å².